The Morgan fingerprint density at radius 2 is 1.90 bits per heavy atom. The monoisotopic (exact) mass is 468 g/mol. The van der Waals surface area contributed by atoms with Crippen molar-refractivity contribution in [1.29, 1.82) is 0 Å². The maximum absolute atomic E-state index is 5.74. The van der Waals surface area contributed by atoms with Crippen molar-refractivity contribution in [2.75, 3.05) is 0 Å². The Labute approximate surface area is 186 Å². The molecule has 2 aromatic heterocycles. The van der Waals surface area contributed by atoms with Crippen molar-refractivity contribution in [3.63, 3.8) is 0 Å². The summed E-state index contributed by atoms with van der Waals surface area (Å²) < 4.78 is 3.39. The minimum absolute atomic E-state index is 0.0163. The van der Waals surface area contributed by atoms with Crippen molar-refractivity contribution >= 4 is 33.3 Å². The quantitative estimate of drug-likeness (QED) is 0.502. The number of benzene rings is 1. The molecule has 0 amide bonds. The predicted octanol–water partition coefficient (Wildman–Crippen LogP) is 5.63. The molecule has 150 valence electrons. The van der Waals surface area contributed by atoms with Crippen LogP contribution in [-0.2, 0) is 0 Å². The van der Waals surface area contributed by atoms with E-state index >= 15 is 0 Å². The molecule has 1 N–H and O–H groups in total. The number of hydrogen-bond donors (Lipinski definition) is 1. The molecule has 2 unspecified atom stereocenters. The standard InChI is InChI=1S/C23H25BrN4S/c1-14(2)27-22(21(26-23(27)29)20-10-5-6-11-25-20)19-12-15(3)28(16(19)4)18-9-7-8-17(24)13-18/h5-14,21-22H,1-4H3,(H,26,29). The molecule has 0 aliphatic carbocycles. The van der Waals surface area contributed by atoms with E-state index < -0.39 is 0 Å². The lowest BCUT2D eigenvalue weighted by Crippen LogP contribution is -2.35. The Hall–Kier alpha value is -2.18. The van der Waals surface area contributed by atoms with Crippen molar-refractivity contribution in [3.8, 4) is 5.69 Å². The van der Waals surface area contributed by atoms with Gasteiger partial charge in [0.05, 0.1) is 17.8 Å². The zero-order valence-electron chi connectivity index (χ0n) is 17.1. The van der Waals surface area contributed by atoms with Gasteiger partial charge in [-0.1, -0.05) is 28.1 Å². The number of nitrogens with one attached hydrogen (secondary N) is 1. The average molecular weight is 469 g/mol. The van der Waals surface area contributed by atoms with Crippen LogP contribution in [-0.4, -0.2) is 25.6 Å². The van der Waals surface area contributed by atoms with Gasteiger partial charge in [-0.15, -0.1) is 0 Å². The molecule has 1 aromatic carbocycles. The van der Waals surface area contributed by atoms with Gasteiger partial charge in [0.15, 0.2) is 5.11 Å². The molecule has 29 heavy (non-hydrogen) atoms. The van der Waals surface area contributed by atoms with E-state index in [2.05, 4.69) is 99.8 Å². The molecule has 4 nitrogen and oxygen atoms in total. The molecule has 3 aromatic rings. The summed E-state index contributed by atoms with van der Waals surface area (Å²) in [6.45, 7) is 8.73. The highest BCUT2D eigenvalue weighted by atomic mass is 79.9. The van der Waals surface area contributed by atoms with Crippen LogP contribution in [0.25, 0.3) is 5.69 Å². The molecule has 0 bridgehead atoms. The second kappa shape index (κ2) is 7.92. The topological polar surface area (TPSA) is 33.1 Å². The van der Waals surface area contributed by atoms with Gasteiger partial charge in [-0.25, -0.2) is 0 Å². The SMILES string of the molecule is Cc1cc(C2C(c3ccccn3)NC(=S)N2C(C)C)c(C)n1-c1cccc(Br)c1. The van der Waals surface area contributed by atoms with E-state index in [-0.39, 0.29) is 18.1 Å². The normalized spacial score (nSPS) is 19.1. The molecule has 2 atom stereocenters. The number of nitrogens with zero attached hydrogens (tertiary/aromatic N) is 3. The first kappa shape index (κ1) is 20.1. The molecule has 1 aliphatic rings. The van der Waals surface area contributed by atoms with Gasteiger partial charge in [0.1, 0.15) is 0 Å². The van der Waals surface area contributed by atoms with Gasteiger partial charge in [0.25, 0.3) is 0 Å². The Bertz CT molecular complexity index is 1040. The van der Waals surface area contributed by atoms with Gasteiger partial charge in [-0.05, 0) is 81.9 Å². The zero-order chi connectivity index (χ0) is 20.7. The first-order valence-corrected chi connectivity index (χ1v) is 11.0. The Kier molecular flexibility index (Phi) is 5.49. The van der Waals surface area contributed by atoms with Crippen LogP contribution in [0.5, 0.6) is 0 Å². The highest BCUT2D eigenvalue weighted by Crippen LogP contribution is 2.42. The Balaban J connectivity index is 1.86. The maximum atomic E-state index is 5.74. The van der Waals surface area contributed by atoms with E-state index in [0.717, 1.165) is 21.0 Å². The lowest BCUT2D eigenvalue weighted by molar-refractivity contribution is 0.269. The van der Waals surface area contributed by atoms with Gasteiger partial charge in [-0.3, -0.25) is 4.98 Å². The first-order chi connectivity index (χ1) is 13.9. The summed E-state index contributed by atoms with van der Waals surface area (Å²) in [6.07, 6.45) is 1.85. The molecule has 1 fully saturated rings. The van der Waals surface area contributed by atoms with Crippen LogP contribution in [0.1, 0.15) is 48.6 Å². The molecule has 3 heterocycles. The van der Waals surface area contributed by atoms with E-state index in [9.17, 15) is 0 Å². The van der Waals surface area contributed by atoms with Crippen LogP contribution >= 0.6 is 28.1 Å². The molecular formula is C23H25BrN4S. The van der Waals surface area contributed by atoms with Crippen molar-refractivity contribution in [1.82, 2.24) is 19.8 Å². The smallest absolute Gasteiger partial charge is 0.170 e. The number of rotatable bonds is 4. The average Bonchev–Trinajstić information content (AvgIpc) is 3.18. The van der Waals surface area contributed by atoms with E-state index in [1.807, 2.05) is 18.3 Å². The summed E-state index contributed by atoms with van der Waals surface area (Å²) >= 11 is 9.34. The molecular weight excluding hydrogens is 444 g/mol. The Morgan fingerprint density at radius 1 is 1.10 bits per heavy atom. The first-order valence-electron chi connectivity index (χ1n) is 9.83. The number of aromatic nitrogens is 2. The molecule has 6 heteroatoms. The fourth-order valence-electron chi connectivity index (χ4n) is 4.35. The van der Waals surface area contributed by atoms with E-state index in [0.29, 0.717) is 0 Å². The number of thiocarbonyl (C=S) groups is 1. The summed E-state index contributed by atoms with van der Waals surface area (Å²) in [7, 11) is 0. The van der Waals surface area contributed by atoms with Crippen LogP contribution in [0.2, 0.25) is 0 Å². The molecule has 0 saturated carbocycles. The van der Waals surface area contributed by atoms with Crippen LogP contribution in [0.4, 0.5) is 0 Å². The third kappa shape index (κ3) is 3.60. The van der Waals surface area contributed by atoms with Crippen molar-refractivity contribution in [3.05, 3.63) is 81.8 Å². The Morgan fingerprint density at radius 3 is 2.55 bits per heavy atom. The number of pyridine rings is 1. The highest BCUT2D eigenvalue weighted by Gasteiger charge is 2.42. The van der Waals surface area contributed by atoms with Crippen molar-refractivity contribution < 1.29 is 0 Å². The predicted molar refractivity (Wildman–Crippen MR) is 125 cm³/mol. The van der Waals surface area contributed by atoms with Gasteiger partial charge in [0, 0.05) is 33.8 Å². The van der Waals surface area contributed by atoms with E-state index in [1.165, 1.54) is 17.0 Å². The summed E-state index contributed by atoms with van der Waals surface area (Å²) in [5.74, 6) is 0. The summed E-state index contributed by atoms with van der Waals surface area (Å²) in [6, 6.07) is 17.1. The summed E-state index contributed by atoms with van der Waals surface area (Å²) in [4.78, 5) is 6.94. The third-order valence-electron chi connectivity index (χ3n) is 5.55. The largest absolute Gasteiger partial charge is 0.352 e. The number of hydrogen-bond acceptors (Lipinski definition) is 2. The number of halogens is 1. The van der Waals surface area contributed by atoms with Gasteiger partial charge < -0.3 is 14.8 Å². The maximum Gasteiger partial charge on any atom is 0.170 e. The lowest BCUT2D eigenvalue weighted by Gasteiger charge is -2.31. The third-order valence-corrected chi connectivity index (χ3v) is 6.37. The van der Waals surface area contributed by atoms with Gasteiger partial charge in [-0.2, -0.15) is 0 Å². The minimum Gasteiger partial charge on any atom is -0.352 e. The van der Waals surface area contributed by atoms with Crippen LogP contribution in [0.15, 0.2) is 59.2 Å². The molecule has 0 spiro atoms. The van der Waals surface area contributed by atoms with Gasteiger partial charge in [0.2, 0.25) is 0 Å². The molecule has 1 saturated heterocycles. The minimum atomic E-state index is 0.0163. The van der Waals surface area contributed by atoms with Crippen LogP contribution < -0.4 is 5.32 Å². The van der Waals surface area contributed by atoms with Crippen molar-refractivity contribution in [2.24, 2.45) is 0 Å². The van der Waals surface area contributed by atoms with Crippen molar-refractivity contribution in [2.45, 2.75) is 45.8 Å². The fraction of sp³-hybridized carbons (Fsp3) is 0.304. The number of aryl methyl sites for hydroxylation is 1. The summed E-state index contributed by atoms with van der Waals surface area (Å²) in [5, 5.41) is 4.32. The molecule has 4 rings (SSSR count). The zero-order valence-corrected chi connectivity index (χ0v) is 19.5. The van der Waals surface area contributed by atoms with Crippen LogP contribution in [0, 0.1) is 13.8 Å². The van der Waals surface area contributed by atoms with Crippen LogP contribution in [0.3, 0.4) is 0 Å². The van der Waals surface area contributed by atoms with E-state index in [4.69, 9.17) is 12.2 Å². The second-order valence-corrected chi connectivity index (χ2v) is 9.07. The second-order valence-electron chi connectivity index (χ2n) is 7.77. The highest BCUT2D eigenvalue weighted by molar-refractivity contribution is 9.10. The molecule has 0 radical (unpaired) electrons. The molecule has 1 aliphatic heterocycles. The van der Waals surface area contributed by atoms with Gasteiger partial charge >= 0.3 is 0 Å². The van der Waals surface area contributed by atoms with E-state index in [1.54, 1.807) is 0 Å². The summed E-state index contributed by atoms with van der Waals surface area (Å²) in [5.41, 5.74) is 5.87. The lowest BCUT2D eigenvalue weighted by atomic mass is 9.96. The fourth-order valence-corrected chi connectivity index (χ4v) is 5.19.